The fraction of sp³-hybridized carbons (Fsp3) is 0.412. The summed E-state index contributed by atoms with van der Waals surface area (Å²) in [4.78, 5) is 47.2. The number of rotatable bonds is 10. The van der Waals surface area contributed by atoms with E-state index in [1.165, 1.54) is 4.90 Å². The largest absolute Gasteiger partial charge is 0.480 e. The van der Waals surface area contributed by atoms with Gasteiger partial charge < -0.3 is 21.1 Å². The first-order valence-electron chi connectivity index (χ1n) is 7.93. The number of nitrogens with two attached hydrogens (primary N) is 1. The minimum atomic E-state index is -1.23. The van der Waals surface area contributed by atoms with Crippen LogP contribution in [-0.2, 0) is 19.2 Å². The molecule has 1 aromatic carbocycles. The fourth-order valence-electron chi connectivity index (χ4n) is 2.17. The molecule has 136 valence electrons. The van der Waals surface area contributed by atoms with Crippen molar-refractivity contribution in [1.82, 2.24) is 5.32 Å². The van der Waals surface area contributed by atoms with Crippen LogP contribution in [0.3, 0.4) is 0 Å². The molecule has 1 unspecified atom stereocenters. The highest BCUT2D eigenvalue weighted by molar-refractivity contribution is 5.93. The van der Waals surface area contributed by atoms with Crippen LogP contribution in [0.1, 0.15) is 32.1 Å². The number of benzene rings is 1. The van der Waals surface area contributed by atoms with Crippen molar-refractivity contribution >= 4 is 29.4 Å². The van der Waals surface area contributed by atoms with Crippen molar-refractivity contribution in [3.05, 3.63) is 30.3 Å². The Morgan fingerprint density at radius 2 is 1.76 bits per heavy atom. The van der Waals surface area contributed by atoms with E-state index >= 15 is 0 Å². The van der Waals surface area contributed by atoms with Gasteiger partial charge in [-0.2, -0.15) is 0 Å². The third kappa shape index (κ3) is 7.47. The lowest BCUT2D eigenvalue weighted by Crippen LogP contribution is -2.41. The Hall–Kier alpha value is -2.90. The second kappa shape index (κ2) is 10.1. The van der Waals surface area contributed by atoms with Crippen LogP contribution in [0.2, 0.25) is 0 Å². The summed E-state index contributed by atoms with van der Waals surface area (Å²) < 4.78 is 0. The summed E-state index contributed by atoms with van der Waals surface area (Å²) in [6.07, 6.45) is 0.292. The third-order valence-electron chi connectivity index (χ3n) is 3.62. The molecule has 1 rings (SSSR count). The van der Waals surface area contributed by atoms with Gasteiger partial charge in [0.1, 0.15) is 6.04 Å². The molecule has 0 radical (unpaired) electrons. The standard InChI is InChI=1S/C17H23N3O5/c1-20(12-6-3-2-4-7-12)16(23)9-5-8-15(22)19-13(17(24)25)10-11-14(18)21/h2-4,6-7,13H,5,8-11H2,1H3,(H2,18,21)(H,19,22)(H,24,25). The number of carbonyl (C=O) groups is 4. The second-order valence-electron chi connectivity index (χ2n) is 5.61. The van der Waals surface area contributed by atoms with Gasteiger partial charge in [-0.05, 0) is 25.0 Å². The average Bonchev–Trinajstić information content (AvgIpc) is 2.58. The molecule has 1 aromatic rings. The molecular weight excluding hydrogens is 326 g/mol. The molecule has 0 fully saturated rings. The van der Waals surface area contributed by atoms with E-state index in [1.54, 1.807) is 19.2 Å². The summed E-state index contributed by atoms with van der Waals surface area (Å²) in [5, 5.41) is 11.4. The predicted molar refractivity (Wildman–Crippen MR) is 91.7 cm³/mol. The van der Waals surface area contributed by atoms with Crippen molar-refractivity contribution in [2.45, 2.75) is 38.1 Å². The summed E-state index contributed by atoms with van der Waals surface area (Å²) in [6, 6.07) is 7.95. The lowest BCUT2D eigenvalue weighted by molar-refractivity contribution is -0.142. The topological polar surface area (TPSA) is 130 Å². The van der Waals surface area contributed by atoms with Crippen molar-refractivity contribution in [3.8, 4) is 0 Å². The molecule has 0 aliphatic rings. The van der Waals surface area contributed by atoms with E-state index in [9.17, 15) is 19.2 Å². The molecule has 8 nitrogen and oxygen atoms in total. The first kappa shape index (κ1) is 20.1. The molecule has 3 amide bonds. The Bertz CT molecular complexity index is 618. The number of amides is 3. The van der Waals surface area contributed by atoms with Crippen LogP contribution < -0.4 is 16.0 Å². The zero-order valence-corrected chi connectivity index (χ0v) is 14.1. The number of anilines is 1. The molecule has 0 bridgehead atoms. The highest BCUT2D eigenvalue weighted by atomic mass is 16.4. The zero-order valence-electron chi connectivity index (χ0n) is 14.1. The SMILES string of the molecule is CN(C(=O)CCCC(=O)NC(CCC(N)=O)C(=O)O)c1ccccc1. The first-order valence-corrected chi connectivity index (χ1v) is 7.93. The van der Waals surface area contributed by atoms with Gasteiger partial charge in [-0.3, -0.25) is 14.4 Å². The Balaban J connectivity index is 2.39. The van der Waals surface area contributed by atoms with Crippen LogP contribution in [0, 0.1) is 0 Å². The monoisotopic (exact) mass is 349 g/mol. The number of carboxylic acids is 1. The predicted octanol–water partition coefficient (Wildman–Crippen LogP) is 0.655. The summed E-state index contributed by atoms with van der Waals surface area (Å²) in [6.45, 7) is 0. The number of para-hydroxylation sites is 1. The number of primary amides is 1. The molecule has 25 heavy (non-hydrogen) atoms. The van der Waals surface area contributed by atoms with Gasteiger partial charge in [0, 0.05) is 32.0 Å². The average molecular weight is 349 g/mol. The van der Waals surface area contributed by atoms with E-state index in [0.717, 1.165) is 5.69 Å². The van der Waals surface area contributed by atoms with Gasteiger partial charge >= 0.3 is 5.97 Å². The molecule has 4 N–H and O–H groups in total. The normalized spacial score (nSPS) is 11.4. The van der Waals surface area contributed by atoms with E-state index < -0.39 is 23.8 Å². The third-order valence-corrected chi connectivity index (χ3v) is 3.62. The summed E-state index contributed by atoms with van der Waals surface area (Å²) in [7, 11) is 1.65. The highest BCUT2D eigenvalue weighted by Gasteiger charge is 2.20. The lowest BCUT2D eigenvalue weighted by Gasteiger charge is -2.17. The second-order valence-corrected chi connectivity index (χ2v) is 5.61. The Kier molecular flexibility index (Phi) is 8.11. The maximum Gasteiger partial charge on any atom is 0.326 e. The molecule has 0 spiro atoms. The number of nitrogens with one attached hydrogen (secondary N) is 1. The Morgan fingerprint density at radius 3 is 2.32 bits per heavy atom. The van der Waals surface area contributed by atoms with Crippen LogP contribution in [0.4, 0.5) is 5.69 Å². The molecule has 0 aliphatic heterocycles. The number of nitrogens with zero attached hydrogens (tertiary/aromatic N) is 1. The summed E-state index contributed by atoms with van der Waals surface area (Å²) in [5.74, 6) is -2.47. The lowest BCUT2D eigenvalue weighted by atomic mass is 10.1. The van der Waals surface area contributed by atoms with Crippen molar-refractivity contribution in [1.29, 1.82) is 0 Å². The highest BCUT2D eigenvalue weighted by Crippen LogP contribution is 2.13. The van der Waals surface area contributed by atoms with Crippen LogP contribution in [0.25, 0.3) is 0 Å². The van der Waals surface area contributed by atoms with E-state index in [1.807, 2.05) is 18.2 Å². The minimum Gasteiger partial charge on any atom is -0.480 e. The van der Waals surface area contributed by atoms with E-state index in [2.05, 4.69) is 5.32 Å². The molecule has 0 heterocycles. The smallest absolute Gasteiger partial charge is 0.326 e. The van der Waals surface area contributed by atoms with E-state index in [-0.39, 0.29) is 31.6 Å². The van der Waals surface area contributed by atoms with Crippen LogP contribution >= 0.6 is 0 Å². The van der Waals surface area contributed by atoms with Gasteiger partial charge in [-0.25, -0.2) is 4.79 Å². The van der Waals surface area contributed by atoms with Crippen molar-refractivity contribution in [2.24, 2.45) is 5.73 Å². The van der Waals surface area contributed by atoms with Gasteiger partial charge in [0.05, 0.1) is 0 Å². The maximum atomic E-state index is 12.1. The van der Waals surface area contributed by atoms with E-state index in [4.69, 9.17) is 10.8 Å². The minimum absolute atomic E-state index is 0.0225. The Morgan fingerprint density at radius 1 is 1.12 bits per heavy atom. The number of hydrogen-bond acceptors (Lipinski definition) is 4. The number of carbonyl (C=O) groups excluding carboxylic acids is 3. The van der Waals surface area contributed by atoms with Crippen LogP contribution in [0.5, 0.6) is 0 Å². The van der Waals surface area contributed by atoms with Gasteiger partial charge in [-0.15, -0.1) is 0 Å². The first-order chi connectivity index (χ1) is 11.8. The van der Waals surface area contributed by atoms with Gasteiger partial charge in [0.2, 0.25) is 17.7 Å². The van der Waals surface area contributed by atoms with Crippen LogP contribution in [-0.4, -0.2) is 41.9 Å². The number of aliphatic carboxylic acids is 1. The van der Waals surface area contributed by atoms with Crippen molar-refractivity contribution in [2.75, 3.05) is 11.9 Å². The molecule has 0 saturated heterocycles. The van der Waals surface area contributed by atoms with Crippen LogP contribution in [0.15, 0.2) is 30.3 Å². The van der Waals surface area contributed by atoms with E-state index in [0.29, 0.717) is 6.42 Å². The van der Waals surface area contributed by atoms with Gasteiger partial charge in [0.25, 0.3) is 0 Å². The van der Waals surface area contributed by atoms with Gasteiger partial charge in [0.15, 0.2) is 0 Å². The molecule has 0 aliphatic carbocycles. The summed E-state index contributed by atoms with van der Waals surface area (Å²) >= 11 is 0. The number of hydrogen-bond donors (Lipinski definition) is 3. The Labute approximate surface area is 146 Å². The molecule has 1 atom stereocenters. The summed E-state index contributed by atoms with van der Waals surface area (Å²) in [5.41, 5.74) is 5.73. The van der Waals surface area contributed by atoms with Crippen molar-refractivity contribution < 1.29 is 24.3 Å². The zero-order chi connectivity index (χ0) is 18.8. The molecule has 0 aromatic heterocycles. The number of carboxylic acid groups (broad SMARTS) is 1. The quantitative estimate of drug-likeness (QED) is 0.571. The maximum absolute atomic E-state index is 12.1. The molecule has 8 heteroatoms. The molecule has 0 saturated carbocycles. The van der Waals surface area contributed by atoms with Crippen molar-refractivity contribution in [3.63, 3.8) is 0 Å². The van der Waals surface area contributed by atoms with Gasteiger partial charge in [-0.1, -0.05) is 18.2 Å². The fourth-order valence-corrected chi connectivity index (χ4v) is 2.17. The molecular formula is C17H23N3O5.